The summed E-state index contributed by atoms with van der Waals surface area (Å²) < 4.78 is 1.95. The molecule has 0 spiro atoms. The molecular formula is C7H15Cl2N3O. The number of rotatable bonds is 4. The molecule has 0 amide bonds. The van der Waals surface area contributed by atoms with E-state index in [1.807, 2.05) is 17.8 Å². The largest absolute Gasteiger partial charge is 0.395 e. The minimum atomic E-state index is 0. The van der Waals surface area contributed by atoms with E-state index in [4.69, 9.17) is 5.11 Å². The summed E-state index contributed by atoms with van der Waals surface area (Å²) in [6.45, 7) is 1.50. The Hall–Kier alpha value is -0.290. The molecule has 0 saturated heterocycles. The smallest absolute Gasteiger partial charge is 0.122 e. The molecule has 1 aromatic rings. The Balaban J connectivity index is 0. The zero-order valence-electron chi connectivity index (χ0n) is 7.43. The van der Waals surface area contributed by atoms with Gasteiger partial charge in [0.25, 0.3) is 0 Å². The van der Waals surface area contributed by atoms with Crippen LogP contribution in [-0.2, 0) is 13.6 Å². The van der Waals surface area contributed by atoms with Crippen LogP contribution < -0.4 is 5.32 Å². The first kappa shape index (κ1) is 15.2. The molecule has 0 aliphatic rings. The van der Waals surface area contributed by atoms with E-state index < -0.39 is 0 Å². The molecule has 0 aliphatic carbocycles. The molecule has 0 bridgehead atoms. The van der Waals surface area contributed by atoms with Crippen LogP contribution in [0.1, 0.15) is 5.82 Å². The number of aromatic nitrogens is 2. The standard InChI is InChI=1S/C7H13N3O.2ClH/c1-10-4-2-9-7(10)6-8-3-5-11;;/h2,4,8,11H,3,5-6H2,1H3;2*1H. The molecular weight excluding hydrogens is 213 g/mol. The summed E-state index contributed by atoms with van der Waals surface area (Å²) in [5.41, 5.74) is 0. The fraction of sp³-hybridized carbons (Fsp3) is 0.571. The van der Waals surface area contributed by atoms with Gasteiger partial charge in [-0.3, -0.25) is 0 Å². The first-order chi connectivity index (χ1) is 5.34. The predicted octanol–water partition coefficient (Wildman–Crippen LogP) is 0.346. The first-order valence-electron chi connectivity index (χ1n) is 3.62. The lowest BCUT2D eigenvalue weighted by molar-refractivity contribution is 0.291. The van der Waals surface area contributed by atoms with Crippen molar-refractivity contribution in [1.82, 2.24) is 14.9 Å². The van der Waals surface area contributed by atoms with E-state index >= 15 is 0 Å². The van der Waals surface area contributed by atoms with Crippen LogP contribution in [0.15, 0.2) is 12.4 Å². The quantitative estimate of drug-likeness (QED) is 0.731. The zero-order valence-corrected chi connectivity index (χ0v) is 9.07. The van der Waals surface area contributed by atoms with Crippen molar-refractivity contribution in [1.29, 1.82) is 0 Å². The molecule has 0 atom stereocenters. The van der Waals surface area contributed by atoms with E-state index in [0.29, 0.717) is 13.1 Å². The average molecular weight is 228 g/mol. The molecule has 4 nitrogen and oxygen atoms in total. The molecule has 6 heteroatoms. The number of aliphatic hydroxyl groups excluding tert-OH is 1. The van der Waals surface area contributed by atoms with Gasteiger partial charge in [0.15, 0.2) is 0 Å². The normalized spacial score (nSPS) is 8.77. The predicted molar refractivity (Wildman–Crippen MR) is 56.5 cm³/mol. The number of hydrogen-bond acceptors (Lipinski definition) is 3. The van der Waals surface area contributed by atoms with Crippen molar-refractivity contribution in [3.8, 4) is 0 Å². The maximum atomic E-state index is 8.47. The third-order valence-electron chi connectivity index (χ3n) is 1.49. The van der Waals surface area contributed by atoms with E-state index in [-0.39, 0.29) is 31.4 Å². The third kappa shape index (κ3) is 5.10. The van der Waals surface area contributed by atoms with E-state index in [1.54, 1.807) is 6.20 Å². The van der Waals surface area contributed by atoms with Gasteiger partial charge in [-0.25, -0.2) is 4.98 Å². The summed E-state index contributed by atoms with van der Waals surface area (Å²) in [4.78, 5) is 4.11. The highest BCUT2D eigenvalue weighted by atomic mass is 35.5. The molecule has 1 aromatic heterocycles. The second-order valence-electron chi connectivity index (χ2n) is 2.35. The second-order valence-corrected chi connectivity index (χ2v) is 2.35. The number of halogens is 2. The van der Waals surface area contributed by atoms with Gasteiger partial charge in [-0.05, 0) is 0 Å². The van der Waals surface area contributed by atoms with Crippen molar-refractivity contribution in [2.75, 3.05) is 13.2 Å². The summed E-state index contributed by atoms with van der Waals surface area (Å²) in [5.74, 6) is 0.985. The zero-order chi connectivity index (χ0) is 8.10. The van der Waals surface area contributed by atoms with Crippen LogP contribution in [0.25, 0.3) is 0 Å². The van der Waals surface area contributed by atoms with Crippen LogP contribution in [0.2, 0.25) is 0 Å². The highest BCUT2D eigenvalue weighted by Gasteiger charge is 1.95. The number of imidazole rings is 1. The molecule has 0 radical (unpaired) electrons. The fourth-order valence-electron chi connectivity index (χ4n) is 0.846. The van der Waals surface area contributed by atoms with Crippen molar-refractivity contribution >= 4 is 24.8 Å². The Morgan fingerprint density at radius 2 is 2.23 bits per heavy atom. The Morgan fingerprint density at radius 3 is 2.69 bits per heavy atom. The topological polar surface area (TPSA) is 50.1 Å². The molecule has 0 unspecified atom stereocenters. The summed E-state index contributed by atoms with van der Waals surface area (Å²) in [6.07, 6.45) is 3.66. The number of aryl methyl sites for hydroxylation is 1. The van der Waals surface area contributed by atoms with Crippen LogP contribution in [0.5, 0.6) is 0 Å². The van der Waals surface area contributed by atoms with Crippen molar-refractivity contribution < 1.29 is 5.11 Å². The molecule has 13 heavy (non-hydrogen) atoms. The molecule has 0 aromatic carbocycles. The molecule has 2 N–H and O–H groups in total. The lowest BCUT2D eigenvalue weighted by Crippen LogP contribution is -2.19. The van der Waals surface area contributed by atoms with Crippen LogP contribution >= 0.6 is 24.8 Å². The van der Waals surface area contributed by atoms with Crippen molar-refractivity contribution in [3.05, 3.63) is 18.2 Å². The lowest BCUT2D eigenvalue weighted by atomic mass is 10.5. The van der Waals surface area contributed by atoms with Crippen LogP contribution in [-0.4, -0.2) is 27.8 Å². The monoisotopic (exact) mass is 227 g/mol. The summed E-state index contributed by atoms with van der Waals surface area (Å²) in [7, 11) is 1.95. The van der Waals surface area contributed by atoms with Gasteiger partial charge in [0.05, 0.1) is 13.2 Å². The molecule has 1 heterocycles. The first-order valence-corrected chi connectivity index (χ1v) is 3.62. The second kappa shape index (κ2) is 8.31. The maximum absolute atomic E-state index is 8.47. The lowest BCUT2D eigenvalue weighted by Gasteiger charge is -2.01. The van der Waals surface area contributed by atoms with Crippen LogP contribution in [0, 0.1) is 0 Å². The summed E-state index contributed by atoms with van der Waals surface area (Å²) in [5, 5.41) is 11.5. The van der Waals surface area contributed by atoms with Crippen molar-refractivity contribution in [3.63, 3.8) is 0 Å². The van der Waals surface area contributed by atoms with Gasteiger partial charge in [-0.1, -0.05) is 0 Å². The third-order valence-corrected chi connectivity index (χ3v) is 1.49. The van der Waals surface area contributed by atoms with Gasteiger partial charge in [-0.15, -0.1) is 24.8 Å². The minimum absolute atomic E-state index is 0. The molecule has 0 aliphatic heterocycles. The highest BCUT2D eigenvalue weighted by Crippen LogP contribution is 1.91. The number of nitrogens with zero attached hydrogens (tertiary/aromatic N) is 2. The Labute approximate surface area is 90.2 Å². The van der Waals surface area contributed by atoms with E-state index in [0.717, 1.165) is 5.82 Å². The number of nitrogens with one attached hydrogen (secondary N) is 1. The molecule has 1 rings (SSSR count). The van der Waals surface area contributed by atoms with Crippen molar-refractivity contribution in [2.45, 2.75) is 6.54 Å². The number of aliphatic hydroxyl groups is 1. The SMILES string of the molecule is Cl.Cl.Cn1ccnc1CNCCO. The Kier molecular flexibility index (Phi) is 9.72. The van der Waals surface area contributed by atoms with E-state index in [9.17, 15) is 0 Å². The molecule has 78 valence electrons. The van der Waals surface area contributed by atoms with Gasteiger partial charge in [0, 0.05) is 26.0 Å². The van der Waals surface area contributed by atoms with Crippen LogP contribution in [0.3, 0.4) is 0 Å². The highest BCUT2D eigenvalue weighted by molar-refractivity contribution is 5.85. The minimum Gasteiger partial charge on any atom is -0.395 e. The summed E-state index contributed by atoms with van der Waals surface area (Å²) in [6, 6.07) is 0. The van der Waals surface area contributed by atoms with Crippen LogP contribution in [0.4, 0.5) is 0 Å². The maximum Gasteiger partial charge on any atom is 0.122 e. The Morgan fingerprint density at radius 1 is 1.54 bits per heavy atom. The number of hydrogen-bond donors (Lipinski definition) is 2. The molecule has 0 fully saturated rings. The van der Waals surface area contributed by atoms with Gasteiger partial charge < -0.3 is 15.0 Å². The average Bonchev–Trinajstić information content (AvgIpc) is 2.37. The fourth-order valence-corrected chi connectivity index (χ4v) is 0.846. The van der Waals surface area contributed by atoms with E-state index in [2.05, 4.69) is 10.3 Å². The van der Waals surface area contributed by atoms with Gasteiger partial charge >= 0.3 is 0 Å². The van der Waals surface area contributed by atoms with Gasteiger partial charge in [-0.2, -0.15) is 0 Å². The van der Waals surface area contributed by atoms with E-state index in [1.165, 1.54) is 0 Å². The molecule has 0 saturated carbocycles. The van der Waals surface area contributed by atoms with Gasteiger partial charge in [0.2, 0.25) is 0 Å². The van der Waals surface area contributed by atoms with Crippen molar-refractivity contribution in [2.24, 2.45) is 7.05 Å². The Bertz CT molecular complexity index is 217. The summed E-state index contributed by atoms with van der Waals surface area (Å²) >= 11 is 0. The van der Waals surface area contributed by atoms with Gasteiger partial charge in [0.1, 0.15) is 5.82 Å².